The van der Waals surface area contributed by atoms with Gasteiger partial charge in [-0.25, -0.2) is 4.98 Å². The van der Waals surface area contributed by atoms with E-state index in [9.17, 15) is 0 Å². The van der Waals surface area contributed by atoms with Crippen molar-refractivity contribution in [1.82, 2.24) is 9.97 Å². The van der Waals surface area contributed by atoms with Crippen LogP contribution in [0.3, 0.4) is 0 Å². The molecular weight excluding hydrogens is 206 g/mol. The van der Waals surface area contributed by atoms with Crippen LogP contribution in [0.2, 0.25) is 0 Å². The van der Waals surface area contributed by atoms with E-state index in [1.807, 2.05) is 12.1 Å². The van der Waals surface area contributed by atoms with E-state index in [4.69, 9.17) is 5.73 Å². The van der Waals surface area contributed by atoms with Crippen LogP contribution in [0.5, 0.6) is 0 Å². The summed E-state index contributed by atoms with van der Waals surface area (Å²) in [6.07, 6.45) is 5.55. The van der Waals surface area contributed by atoms with Gasteiger partial charge in [0.05, 0.1) is 6.04 Å². The number of aromatic amines is 1. The first-order valence-electron chi connectivity index (χ1n) is 4.70. The van der Waals surface area contributed by atoms with Crippen molar-refractivity contribution in [3.05, 3.63) is 48.0 Å². The number of nitrogens with zero attached hydrogens (tertiary/aromatic N) is 1. The van der Waals surface area contributed by atoms with Crippen molar-refractivity contribution in [2.45, 2.75) is 10.9 Å². The minimum Gasteiger partial charge on any atom is -0.347 e. The van der Waals surface area contributed by atoms with E-state index in [2.05, 4.69) is 28.4 Å². The Labute approximate surface area is 93.1 Å². The van der Waals surface area contributed by atoms with Crippen LogP contribution in [0.4, 0.5) is 0 Å². The van der Waals surface area contributed by atoms with Crippen LogP contribution < -0.4 is 5.73 Å². The fraction of sp³-hybridized carbons (Fsp3) is 0.182. The average Bonchev–Trinajstić information content (AvgIpc) is 2.82. The lowest BCUT2D eigenvalue weighted by Crippen LogP contribution is -2.13. The lowest BCUT2D eigenvalue weighted by molar-refractivity contribution is 0.800. The molecule has 0 spiro atoms. The Bertz CT molecular complexity index is 408. The summed E-state index contributed by atoms with van der Waals surface area (Å²) >= 11 is 1.72. The molecule has 0 saturated carbocycles. The smallest absolute Gasteiger partial charge is 0.127 e. The molecule has 0 saturated heterocycles. The maximum absolute atomic E-state index is 6.05. The van der Waals surface area contributed by atoms with Crippen molar-refractivity contribution in [3.63, 3.8) is 0 Å². The number of hydrogen-bond acceptors (Lipinski definition) is 3. The van der Waals surface area contributed by atoms with Gasteiger partial charge in [0.25, 0.3) is 0 Å². The molecule has 3 N–H and O–H groups in total. The van der Waals surface area contributed by atoms with Crippen LogP contribution in [-0.4, -0.2) is 16.2 Å². The normalized spacial score (nSPS) is 12.7. The summed E-state index contributed by atoms with van der Waals surface area (Å²) in [7, 11) is 0. The maximum atomic E-state index is 6.05. The largest absolute Gasteiger partial charge is 0.347 e. The molecule has 4 heteroatoms. The topological polar surface area (TPSA) is 54.7 Å². The fourth-order valence-electron chi connectivity index (χ4n) is 1.42. The molecule has 2 aromatic rings. The first-order chi connectivity index (χ1) is 7.31. The van der Waals surface area contributed by atoms with Gasteiger partial charge in [-0.05, 0) is 24.0 Å². The minimum absolute atomic E-state index is 0.170. The van der Waals surface area contributed by atoms with Crippen molar-refractivity contribution < 1.29 is 0 Å². The molecule has 0 amide bonds. The molecule has 2 rings (SSSR count). The molecule has 1 unspecified atom stereocenters. The third-order valence-electron chi connectivity index (χ3n) is 2.29. The number of rotatable bonds is 3. The molecule has 0 bridgehead atoms. The number of hydrogen-bond donors (Lipinski definition) is 2. The molecule has 1 heterocycles. The van der Waals surface area contributed by atoms with Crippen molar-refractivity contribution in [2.24, 2.45) is 5.73 Å². The first-order valence-corrected chi connectivity index (χ1v) is 5.92. The molecule has 0 radical (unpaired) electrons. The monoisotopic (exact) mass is 219 g/mol. The van der Waals surface area contributed by atoms with Gasteiger partial charge in [-0.3, -0.25) is 0 Å². The summed E-state index contributed by atoms with van der Waals surface area (Å²) in [5, 5.41) is 0. The van der Waals surface area contributed by atoms with Gasteiger partial charge in [0.1, 0.15) is 5.82 Å². The third-order valence-corrected chi connectivity index (χ3v) is 3.03. The van der Waals surface area contributed by atoms with Crippen molar-refractivity contribution >= 4 is 11.8 Å². The van der Waals surface area contributed by atoms with Crippen molar-refractivity contribution in [1.29, 1.82) is 0 Å². The molecular formula is C11H13N3S. The highest BCUT2D eigenvalue weighted by atomic mass is 32.2. The van der Waals surface area contributed by atoms with Gasteiger partial charge >= 0.3 is 0 Å². The summed E-state index contributed by atoms with van der Waals surface area (Å²) < 4.78 is 0. The number of imidazole rings is 1. The molecule has 0 aliphatic rings. The molecule has 0 aliphatic carbocycles. The van der Waals surface area contributed by atoms with E-state index < -0.39 is 0 Å². The second-order valence-electron chi connectivity index (χ2n) is 3.23. The standard InChI is InChI=1S/C11H13N3S/c1-15-9-4-2-8(3-5-9)10(12)11-13-6-7-14-11/h2-7,10H,12H2,1H3,(H,13,14). The van der Waals surface area contributed by atoms with Gasteiger partial charge in [-0.2, -0.15) is 0 Å². The van der Waals surface area contributed by atoms with Gasteiger partial charge in [0, 0.05) is 17.3 Å². The van der Waals surface area contributed by atoms with Crippen LogP contribution in [0.25, 0.3) is 0 Å². The molecule has 1 atom stereocenters. The zero-order chi connectivity index (χ0) is 10.7. The lowest BCUT2D eigenvalue weighted by atomic mass is 10.1. The SMILES string of the molecule is CSc1ccc(C(N)c2ncc[nH]2)cc1. The van der Waals surface area contributed by atoms with Crippen molar-refractivity contribution in [2.75, 3.05) is 6.26 Å². The van der Waals surface area contributed by atoms with Crippen LogP contribution in [0, 0.1) is 0 Å². The van der Waals surface area contributed by atoms with Crippen LogP contribution >= 0.6 is 11.8 Å². The zero-order valence-electron chi connectivity index (χ0n) is 8.47. The van der Waals surface area contributed by atoms with Crippen LogP contribution in [0.1, 0.15) is 17.4 Å². The third kappa shape index (κ3) is 2.22. The van der Waals surface area contributed by atoms with E-state index in [1.54, 1.807) is 24.2 Å². The van der Waals surface area contributed by atoms with Gasteiger partial charge in [-0.1, -0.05) is 12.1 Å². The molecule has 15 heavy (non-hydrogen) atoms. The Morgan fingerprint density at radius 2 is 2.07 bits per heavy atom. The van der Waals surface area contributed by atoms with E-state index in [0.717, 1.165) is 11.4 Å². The van der Waals surface area contributed by atoms with E-state index >= 15 is 0 Å². The number of aromatic nitrogens is 2. The quantitative estimate of drug-likeness (QED) is 0.778. The number of thioether (sulfide) groups is 1. The number of nitrogens with two attached hydrogens (primary N) is 1. The van der Waals surface area contributed by atoms with Gasteiger partial charge < -0.3 is 10.7 Å². The Morgan fingerprint density at radius 3 is 2.60 bits per heavy atom. The number of nitrogens with one attached hydrogen (secondary N) is 1. The zero-order valence-corrected chi connectivity index (χ0v) is 9.29. The summed E-state index contributed by atoms with van der Waals surface area (Å²) in [5.74, 6) is 0.798. The number of benzene rings is 1. The van der Waals surface area contributed by atoms with Crippen LogP contribution in [-0.2, 0) is 0 Å². The highest BCUT2D eigenvalue weighted by Gasteiger charge is 2.10. The van der Waals surface area contributed by atoms with Gasteiger partial charge in [0.15, 0.2) is 0 Å². The maximum Gasteiger partial charge on any atom is 0.127 e. The van der Waals surface area contributed by atoms with E-state index in [1.165, 1.54) is 4.90 Å². The van der Waals surface area contributed by atoms with Crippen molar-refractivity contribution in [3.8, 4) is 0 Å². The predicted molar refractivity (Wildman–Crippen MR) is 62.8 cm³/mol. The molecule has 0 aliphatic heterocycles. The highest BCUT2D eigenvalue weighted by Crippen LogP contribution is 2.20. The molecule has 1 aromatic heterocycles. The minimum atomic E-state index is -0.170. The Balaban J connectivity index is 2.22. The Hall–Kier alpha value is -1.26. The molecule has 3 nitrogen and oxygen atoms in total. The molecule has 0 fully saturated rings. The molecule has 78 valence electrons. The van der Waals surface area contributed by atoms with E-state index in [0.29, 0.717) is 0 Å². The Kier molecular flexibility index (Phi) is 3.08. The summed E-state index contributed by atoms with van der Waals surface area (Å²) in [5.41, 5.74) is 7.12. The van der Waals surface area contributed by atoms with E-state index in [-0.39, 0.29) is 6.04 Å². The first kappa shape index (κ1) is 10.3. The van der Waals surface area contributed by atoms with Gasteiger partial charge in [0.2, 0.25) is 0 Å². The summed E-state index contributed by atoms with van der Waals surface area (Å²) in [6, 6.07) is 8.06. The predicted octanol–water partition coefficient (Wildman–Crippen LogP) is 2.18. The fourth-order valence-corrected chi connectivity index (χ4v) is 1.82. The van der Waals surface area contributed by atoms with Crippen LogP contribution in [0.15, 0.2) is 41.6 Å². The molecule has 1 aromatic carbocycles. The number of H-pyrrole nitrogens is 1. The Morgan fingerprint density at radius 1 is 1.33 bits per heavy atom. The second-order valence-corrected chi connectivity index (χ2v) is 4.10. The van der Waals surface area contributed by atoms with Gasteiger partial charge in [-0.15, -0.1) is 11.8 Å². The second kappa shape index (κ2) is 4.51. The summed E-state index contributed by atoms with van der Waals surface area (Å²) in [4.78, 5) is 8.41. The summed E-state index contributed by atoms with van der Waals surface area (Å²) in [6.45, 7) is 0. The average molecular weight is 219 g/mol. The lowest BCUT2D eigenvalue weighted by Gasteiger charge is -2.09. The highest BCUT2D eigenvalue weighted by molar-refractivity contribution is 7.98.